The molecule has 3 rings (SSSR count). The average molecular weight is 314 g/mol. The summed E-state index contributed by atoms with van der Waals surface area (Å²) in [6.45, 7) is 10.7. The lowest BCUT2D eigenvalue weighted by Gasteiger charge is -2.24. The average Bonchev–Trinajstić information content (AvgIpc) is 3.02. The molecule has 0 saturated heterocycles. The van der Waals surface area contributed by atoms with Gasteiger partial charge in [0.1, 0.15) is 5.60 Å². The predicted molar refractivity (Wildman–Crippen MR) is 91.5 cm³/mol. The fourth-order valence-electron chi connectivity index (χ4n) is 2.80. The van der Waals surface area contributed by atoms with E-state index in [9.17, 15) is 4.79 Å². The van der Waals surface area contributed by atoms with E-state index in [1.165, 1.54) is 0 Å². The molecule has 1 N–H and O–H groups in total. The van der Waals surface area contributed by atoms with Crippen LogP contribution in [0.5, 0.6) is 0 Å². The lowest BCUT2D eigenvalue weighted by atomic mass is 10.2. The van der Waals surface area contributed by atoms with Crippen molar-refractivity contribution in [2.45, 2.75) is 26.4 Å². The Hall–Kier alpha value is -2.50. The molecule has 1 amide bonds. The number of carbonyl (C=O) groups is 1. The topological polar surface area (TPSA) is 58.9 Å². The third kappa shape index (κ3) is 2.88. The van der Waals surface area contributed by atoms with Crippen molar-refractivity contribution in [1.82, 2.24) is 14.8 Å². The summed E-state index contributed by atoms with van der Waals surface area (Å²) >= 11 is 0. The van der Waals surface area contributed by atoms with Gasteiger partial charge in [-0.15, -0.1) is 0 Å². The molecule has 6 heteroatoms. The number of rotatable bonds is 1. The molecule has 23 heavy (non-hydrogen) atoms. The van der Waals surface area contributed by atoms with Crippen molar-refractivity contribution < 1.29 is 9.53 Å². The van der Waals surface area contributed by atoms with Gasteiger partial charge in [-0.3, -0.25) is 0 Å². The standard InChI is InChI=1S/C17H22N4O2/c1-11-15-13(19-10-18-11)8-14(20(15)5)12-6-7-21(9-12)16(22)23-17(2,3)4/h6,8,10H,1,7,9H2,2-5H3,(H,18,19). The highest BCUT2D eigenvalue weighted by Gasteiger charge is 2.28. The first-order chi connectivity index (χ1) is 10.8. The molecule has 0 aromatic carbocycles. The Morgan fingerprint density at radius 1 is 1.43 bits per heavy atom. The monoisotopic (exact) mass is 314 g/mol. The highest BCUT2D eigenvalue weighted by atomic mass is 16.6. The first kappa shape index (κ1) is 15.4. The SMILES string of the molecule is C=C1NC=Nc2cc(C3=CCN(C(=O)OC(C)(C)C)C3)n(C)c21. The normalized spacial score (nSPS) is 17.0. The minimum absolute atomic E-state index is 0.285. The van der Waals surface area contributed by atoms with Crippen LogP contribution in [0.2, 0.25) is 0 Å². The quantitative estimate of drug-likeness (QED) is 0.867. The van der Waals surface area contributed by atoms with Crippen molar-refractivity contribution in [3.05, 3.63) is 30.1 Å². The largest absolute Gasteiger partial charge is 0.444 e. The first-order valence-electron chi connectivity index (χ1n) is 7.61. The Bertz CT molecular complexity index is 735. The molecule has 0 aliphatic carbocycles. The van der Waals surface area contributed by atoms with E-state index in [0.29, 0.717) is 13.1 Å². The summed E-state index contributed by atoms with van der Waals surface area (Å²) in [6.07, 6.45) is 3.42. The molecule has 0 saturated carbocycles. The van der Waals surface area contributed by atoms with Gasteiger partial charge in [0.05, 0.1) is 30.0 Å². The van der Waals surface area contributed by atoms with Crippen molar-refractivity contribution in [3.8, 4) is 0 Å². The number of nitrogens with zero attached hydrogens (tertiary/aromatic N) is 3. The van der Waals surface area contributed by atoms with Gasteiger partial charge in [-0.1, -0.05) is 12.7 Å². The molecule has 0 spiro atoms. The summed E-state index contributed by atoms with van der Waals surface area (Å²) in [5.41, 5.74) is 4.34. The number of amides is 1. The maximum Gasteiger partial charge on any atom is 0.410 e. The van der Waals surface area contributed by atoms with Gasteiger partial charge in [-0.05, 0) is 32.4 Å². The number of nitrogens with one attached hydrogen (secondary N) is 1. The van der Waals surface area contributed by atoms with Crippen molar-refractivity contribution in [2.75, 3.05) is 13.1 Å². The fourth-order valence-corrected chi connectivity index (χ4v) is 2.80. The lowest BCUT2D eigenvalue weighted by Crippen LogP contribution is -2.35. The Morgan fingerprint density at radius 2 is 2.17 bits per heavy atom. The van der Waals surface area contributed by atoms with E-state index in [0.717, 1.165) is 28.3 Å². The van der Waals surface area contributed by atoms with Gasteiger partial charge in [-0.2, -0.15) is 0 Å². The van der Waals surface area contributed by atoms with Gasteiger partial charge in [0.15, 0.2) is 0 Å². The predicted octanol–water partition coefficient (Wildman–Crippen LogP) is 2.89. The van der Waals surface area contributed by atoms with Crippen LogP contribution < -0.4 is 5.32 Å². The number of aromatic nitrogens is 1. The second-order valence-electron chi connectivity index (χ2n) is 6.79. The highest BCUT2D eigenvalue weighted by Crippen LogP contribution is 2.34. The smallest absolute Gasteiger partial charge is 0.410 e. The zero-order valence-electron chi connectivity index (χ0n) is 14.0. The molecule has 0 atom stereocenters. The summed E-state index contributed by atoms with van der Waals surface area (Å²) in [5.74, 6) is 0. The molecule has 6 nitrogen and oxygen atoms in total. The van der Waals surface area contributed by atoms with Crippen LogP contribution in [0.15, 0.2) is 23.7 Å². The van der Waals surface area contributed by atoms with Crippen molar-refractivity contribution in [1.29, 1.82) is 0 Å². The molecular formula is C17H22N4O2. The number of hydrogen-bond donors (Lipinski definition) is 1. The van der Waals surface area contributed by atoms with Gasteiger partial charge in [0.2, 0.25) is 0 Å². The second kappa shape index (κ2) is 5.30. The molecule has 2 aliphatic rings. The summed E-state index contributed by atoms with van der Waals surface area (Å²) in [4.78, 5) is 18.2. The molecule has 3 heterocycles. The zero-order valence-corrected chi connectivity index (χ0v) is 14.0. The number of ether oxygens (including phenoxy) is 1. The van der Waals surface area contributed by atoms with E-state index in [1.54, 1.807) is 11.2 Å². The number of hydrogen-bond acceptors (Lipinski definition) is 4. The van der Waals surface area contributed by atoms with Crippen molar-refractivity contribution >= 4 is 29.4 Å². The van der Waals surface area contributed by atoms with E-state index in [-0.39, 0.29) is 6.09 Å². The van der Waals surface area contributed by atoms with Gasteiger partial charge in [0, 0.05) is 19.3 Å². The van der Waals surface area contributed by atoms with Crippen LogP contribution in [0.4, 0.5) is 10.5 Å². The Kier molecular flexibility index (Phi) is 3.55. The Morgan fingerprint density at radius 3 is 2.83 bits per heavy atom. The molecule has 0 fully saturated rings. The van der Waals surface area contributed by atoms with Gasteiger partial charge in [-0.25, -0.2) is 9.79 Å². The summed E-state index contributed by atoms with van der Waals surface area (Å²) in [5, 5.41) is 3.02. The van der Waals surface area contributed by atoms with Gasteiger partial charge >= 0.3 is 6.09 Å². The van der Waals surface area contributed by atoms with E-state index < -0.39 is 5.60 Å². The minimum atomic E-state index is -0.484. The van der Waals surface area contributed by atoms with Gasteiger partial charge in [0.25, 0.3) is 0 Å². The molecule has 1 aromatic rings. The third-order valence-electron chi connectivity index (χ3n) is 3.84. The molecule has 0 unspecified atom stereocenters. The molecule has 2 aliphatic heterocycles. The van der Waals surface area contributed by atoms with Crippen LogP contribution >= 0.6 is 0 Å². The van der Waals surface area contributed by atoms with E-state index in [1.807, 2.05) is 33.9 Å². The van der Waals surface area contributed by atoms with Crippen molar-refractivity contribution in [3.63, 3.8) is 0 Å². The number of fused-ring (bicyclic) bond motifs is 1. The van der Waals surface area contributed by atoms with E-state index >= 15 is 0 Å². The van der Waals surface area contributed by atoms with Crippen molar-refractivity contribution in [2.24, 2.45) is 12.0 Å². The summed E-state index contributed by atoms with van der Waals surface area (Å²) in [7, 11) is 1.98. The maximum atomic E-state index is 12.2. The third-order valence-corrected chi connectivity index (χ3v) is 3.84. The Labute approximate surface area is 136 Å². The minimum Gasteiger partial charge on any atom is -0.444 e. The number of aliphatic imine (C=N–C) groups is 1. The summed E-state index contributed by atoms with van der Waals surface area (Å²) in [6, 6.07) is 2.03. The Balaban J connectivity index is 1.79. The van der Waals surface area contributed by atoms with Crippen LogP contribution in [0.1, 0.15) is 32.2 Å². The molecular weight excluding hydrogens is 292 g/mol. The van der Waals surface area contributed by atoms with Crippen LogP contribution in [0, 0.1) is 0 Å². The number of carbonyl (C=O) groups excluding carboxylic acids is 1. The van der Waals surface area contributed by atoms with Gasteiger partial charge < -0.3 is 19.5 Å². The fraction of sp³-hybridized carbons (Fsp3) is 0.412. The maximum absolute atomic E-state index is 12.2. The van der Waals surface area contributed by atoms with Crippen LogP contribution in [-0.2, 0) is 11.8 Å². The molecule has 0 bridgehead atoms. The molecule has 1 aromatic heterocycles. The molecule has 0 radical (unpaired) electrons. The van der Waals surface area contributed by atoms with Crippen LogP contribution in [0.25, 0.3) is 11.3 Å². The van der Waals surface area contributed by atoms with E-state index in [2.05, 4.69) is 27.5 Å². The van der Waals surface area contributed by atoms with Crippen LogP contribution in [-0.4, -0.2) is 40.6 Å². The highest BCUT2D eigenvalue weighted by molar-refractivity contribution is 5.88. The second-order valence-corrected chi connectivity index (χ2v) is 6.79. The van der Waals surface area contributed by atoms with E-state index in [4.69, 9.17) is 4.74 Å². The lowest BCUT2D eigenvalue weighted by molar-refractivity contribution is 0.0306. The van der Waals surface area contributed by atoms with Crippen LogP contribution in [0.3, 0.4) is 0 Å². The molecule has 122 valence electrons. The zero-order chi connectivity index (χ0) is 16.8. The summed E-state index contributed by atoms with van der Waals surface area (Å²) < 4.78 is 7.49. The first-order valence-corrected chi connectivity index (χ1v) is 7.61.